The average molecular weight is 198 g/mol. The van der Waals surface area contributed by atoms with Crippen LogP contribution < -0.4 is 0 Å². The molecule has 1 rings (SSSR count). The lowest BCUT2D eigenvalue weighted by Crippen LogP contribution is -1.85. The normalized spacial score (nSPS) is 11.4. The van der Waals surface area contributed by atoms with Gasteiger partial charge >= 0.3 is 0 Å². The molecule has 0 bridgehead atoms. The second-order valence-corrected chi connectivity index (χ2v) is 3.41. The number of phenols is 1. The summed E-state index contributed by atoms with van der Waals surface area (Å²) in [6, 6.07) is 7.36. The van der Waals surface area contributed by atoms with Gasteiger partial charge in [0.15, 0.2) is 0 Å². The Balaban J connectivity index is 0.000000671. The van der Waals surface area contributed by atoms with Crippen LogP contribution in [0.15, 0.2) is 24.3 Å². The molecule has 0 saturated heterocycles. The van der Waals surface area contributed by atoms with Gasteiger partial charge in [-0.1, -0.05) is 32.9 Å². The van der Waals surface area contributed by atoms with Crippen molar-refractivity contribution in [3.63, 3.8) is 0 Å². The molecule has 0 heterocycles. The highest BCUT2D eigenvalue weighted by Crippen LogP contribution is 2.26. The Morgan fingerprint density at radius 1 is 1.23 bits per heavy atom. The first-order valence-corrected chi connectivity index (χ1v) is 5.45. The SMILES string of the molecule is CC.CCC(P)c1ccc(O)cc1. The number of benzene rings is 1. The van der Waals surface area contributed by atoms with Gasteiger partial charge in [-0.15, -0.1) is 9.24 Å². The molecule has 0 aromatic heterocycles. The molecule has 0 aliphatic carbocycles. The molecule has 0 aliphatic rings. The standard InChI is InChI=1S/C9H13OP.C2H6/c1-2-9(11)7-3-5-8(10)6-4-7;1-2/h3-6,9-10H,2,11H2,1H3;1-2H3. The molecular weight excluding hydrogens is 179 g/mol. The zero-order valence-corrected chi connectivity index (χ0v) is 9.77. The summed E-state index contributed by atoms with van der Waals surface area (Å²) in [7, 11) is 2.78. The molecule has 0 fully saturated rings. The van der Waals surface area contributed by atoms with E-state index < -0.39 is 0 Å². The number of aromatic hydroxyl groups is 1. The van der Waals surface area contributed by atoms with Crippen LogP contribution in [0, 0.1) is 0 Å². The molecule has 2 heteroatoms. The van der Waals surface area contributed by atoms with Gasteiger partial charge in [-0.05, 0) is 29.8 Å². The molecular formula is C11H19OP. The summed E-state index contributed by atoms with van der Waals surface area (Å²) in [6.45, 7) is 6.14. The highest BCUT2D eigenvalue weighted by molar-refractivity contribution is 7.17. The smallest absolute Gasteiger partial charge is 0.115 e. The van der Waals surface area contributed by atoms with Crippen molar-refractivity contribution in [3.05, 3.63) is 29.8 Å². The van der Waals surface area contributed by atoms with Gasteiger partial charge in [-0.3, -0.25) is 0 Å². The van der Waals surface area contributed by atoms with E-state index >= 15 is 0 Å². The maximum absolute atomic E-state index is 9.00. The van der Waals surface area contributed by atoms with Crippen molar-refractivity contribution in [1.29, 1.82) is 0 Å². The van der Waals surface area contributed by atoms with Gasteiger partial charge in [0.1, 0.15) is 5.75 Å². The van der Waals surface area contributed by atoms with Crippen molar-refractivity contribution in [2.24, 2.45) is 0 Å². The van der Waals surface area contributed by atoms with Gasteiger partial charge in [0.2, 0.25) is 0 Å². The minimum absolute atomic E-state index is 0.335. The summed E-state index contributed by atoms with van der Waals surface area (Å²) < 4.78 is 0. The van der Waals surface area contributed by atoms with Crippen molar-refractivity contribution in [2.75, 3.05) is 0 Å². The predicted molar refractivity (Wildman–Crippen MR) is 62.2 cm³/mol. The molecule has 1 aromatic rings. The summed E-state index contributed by atoms with van der Waals surface area (Å²) in [5, 5.41) is 9.00. The topological polar surface area (TPSA) is 20.2 Å². The molecule has 0 aliphatic heterocycles. The Labute approximate surface area is 83.4 Å². The quantitative estimate of drug-likeness (QED) is 0.717. The molecule has 74 valence electrons. The van der Waals surface area contributed by atoms with Crippen molar-refractivity contribution in [1.82, 2.24) is 0 Å². The van der Waals surface area contributed by atoms with Crippen LogP contribution in [0.2, 0.25) is 0 Å². The third-order valence-electron chi connectivity index (χ3n) is 1.76. The molecule has 2 atom stereocenters. The van der Waals surface area contributed by atoms with Crippen molar-refractivity contribution in [2.45, 2.75) is 32.9 Å². The van der Waals surface area contributed by atoms with Crippen LogP contribution >= 0.6 is 9.24 Å². The first-order chi connectivity index (χ1) is 6.24. The second kappa shape index (κ2) is 6.91. The van der Waals surface area contributed by atoms with Crippen LogP contribution in [0.25, 0.3) is 0 Å². The van der Waals surface area contributed by atoms with Crippen LogP contribution in [-0.2, 0) is 0 Å². The van der Waals surface area contributed by atoms with Gasteiger partial charge in [-0.2, -0.15) is 0 Å². The summed E-state index contributed by atoms with van der Waals surface area (Å²) in [6.07, 6.45) is 1.11. The van der Waals surface area contributed by atoms with E-state index in [1.54, 1.807) is 12.1 Å². The van der Waals surface area contributed by atoms with Crippen LogP contribution in [0.4, 0.5) is 0 Å². The third kappa shape index (κ3) is 4.28. The highest BCUT2D eigenvalue weighted by Gasteiger charge is 2.00. The predicted octanol–water partition coefficient (Wildman–Crippen LogP) is 3.74. The van der Waals surface area contributed by atoms with E-state index in [0.29, 0.717) is 11.4 Å². The lowest BCUT2D eigenvalue weighted by atomic mass is 10.1. The Kier molecular flexibility index (Phi) is 6.62. The number of phenolic OH excluding ortho intramolecular Hbond substituents is 1. The van der Waals surface area contributed by atoms with E-state index in [1.807, 2.05) is 26.0 Å². The average Bonchev–Trinajstić information content (AvgIpc) is 2.21. The molecule has 0 radical (unpaired) electrons. The Bertz CT molecular complexity index is 218. The highest BCUT2D eigenvalue weighted by atomic mass is 31.0. The van der Waals surface area contributed by atoms with Crippen molar-refractivity contribution in [3.8, 4) is 5.75 Å². The first kappa shape index (κ1) is 12.4. The molecule has 1 N–H and O–H groups in total. The van der Waals surface area contributed by atoms with E-state index in [1.165, 1.54) is 5.56 Å². The summed E-state index contributed by atoms with van der Waals surface area (Å²) in [5.41, 5.74) is 1.77. The molecule has 1 nitrogen and oxygen atoms in total. The van der Waals surface area contributed by atoms with Crippen LogP contribution in [0.1, 0.15) is 38.4 Å². The maximum atomic E-state index is 9.00. The van der Waals surface area contributed by atoms with E-state index in [9.17, 15) is 0 Å². The van der Waals surface area contributed by atoms with E-state index in [2.05, 4.69) is 16.2 Å². The molecule has 0 saturated carbocycles. The van der Waals surface area contributed by atoms with Gasteiger partial charge in [0.05, 0.1) is 0 Å². The number of hydrogen-bond acceptors (Lipinski definition) is 1. The fraction of sp³-hybridized carbons (Fsp3) is 0.455. The largest absolute Gasteiger partial charge is 0.508 e. The second-order valence-electron chi connectivity index (χ2n) is 2.61. The Morgan fingerprint density at radius 2 is 1.69 bits per heavy atom. The molecule has 13 heavy (non-hydrogen) atoms. The maximum Gasteiger partial charge on any atom is 0.115 e. The van der Waals surface area contributed by atoms with E-state index in [-0.39, 0.29) is 0 Å². The van der Waals surface area contributed by atoms with Gasteiger partial charge in [0.25, 0.3) is 0 Å². The van der Waals surface area contributed by atoms with Gasteiger partial charge in [0, 0.05) is 0 Å². The van der Waals surface area contributed by atoms with Crippen LogP contribution in [0.5, 0.6) is 5.75 Å². The van der Waals surface area contributed by atoms with Gasteiger partial charge in [-0.25, -0.2) is 0 Å². The molecule has 1 aromatic carbocycles. The lowest BCUT2D eigenvalue weighted by Gasteiger charge is -2.07. The lowest BCUT2D eigenvalue weighted by molar-refractivity contribution is 0.475. The minimum Gasteiger partial charge on any atom is -0.508 e. The zero-order chi connectivity index (χ0) is 10.3. The zero-order valence-electron chi connectivity index (χ0n) is 8.62. The van der Waals surface area contributed by atoms with E-state index in [0.717, 1.165) is 6.42 Å². The Hall–Kier alpha value is -0.550. The number of rotatable bonds is 2. The minimum atomic E-state index is 0.335. The van der Waals surface area contributed by atoms with Crippen LogP contribution in [-0.4, -0.2) is 5.11 Å². The fourth-order valence-electron chi connectivity index (χ4n) is 0.957. The third-order valence-corrected chi connectivity index (χ3v) is 2.62. The first-order valence-electron chi connectivity index (χ1n) is 4.78. The molecule has 0 amide bonds. The van der Waals surface area contributed by atoms with Crippen LogP contribution in [0.3, 0.4) is 0 Å². The molecule has 2 unspecified atom stereocenters. The van der Waals surface area contributed by atoms with E-state index in [4.69, 9.17) is 5.11 Å². The molecule has 0 spiro atoms. The van der Waals surface area contributed by atoms with Gasteiger partial charge < -0.3 is 5.11 Å². The number of hydrogen-bond donors (Lipinski definition) is 1. The van der Waals surface area contributed by atoms with Crippen molar-refractivity contribution >= 4 is 9.24 Å². The monoisotopic (exact) mass is 198 g/mol. The Morgan fingerprint density at radius 3 is 2.08 bits per heavy atom. The summed E-state index contributed by atoms with van der Waals surface area (Å²) >= 11 is 0. The summed E-state index contributed by atoms with van der Waals surface area (Å²) in [5.74, 6) is 0.335. The van der Waals surface area contributed by atoms with Crippen molar-refractivity contribution < 1.29 is 5.11 Å². The summed E-state index contributed by atoms with van der Waals surface area (Å²) in [4.78, 5) is 0. The fourth-order valence-corrected chi connectivity index (χ4v) is 1.18.